The van der Waals surface area contributed by atoms with E-state index in [1.165, 1.54) is 16.5 Å². The summed E-state index contributed by atoms with van der Waals surface area (Å²) >= 11 is 11.7. The first-order valence-electron chi connectivity index (χ1n) is 6.61. The summed E-state index contributed by atoms with van der Waals surface area (Å²) in [6.07, 6.45) is 3.32. The van der Waals surface area contributed by atoms with Crippen LogP contribution in [-0.4, -0.2) is 16.4 Å². The van der Waals surface area contributed by atoms with E-state index in [0.29, 0.717) is 5.15 Å². The summed E-state index contributed by atoms with van der Waals surface area (Å²) < 4.78 is 10.1. The molecule has 1 aromatic carbocycles. The third-order valence-corrected chi connectivity index (χ3v) is 5.99. The minimum atomic E-state index is 0.0135. The van der Waals surface area contributed by atoms with Crippen LogP contribution < -0.4 is 0 Å². The molecule has 1 aliphatic rings. The second-order valence-corrected chi connectivity index (χ2v) is 7.07. The van der Waals surface area contributed by atoms with Gasteiger partial charge in [0.05, 0.1) is 10.9 Å². The van der Waals surface area contributed by atoms with Crippen LogP contribution >= 0.6 is 38.9 Å². The van der Waals surface area contributed by atoms with Crippen molar-refractivity contribution in [3.63, 3.8) is 0 Å². The van der Waals surface area contributed by atoms with Crippen molar-refractivity contribution in [1.82, 2.24) is 9.78 Å². The molecule has 0 bridgehead atoms. The molecule has 0 N–H and O–H groups in total. The van der Waals surface area contributed by atoms with Gasteiger partial charge in [0.1, 0.15) is 0 Å². The van der Waals surface area contributed by atoms with Gasteiger partial charge in [-0.3, -0.25) is 0 Å². The highest BCUT2D eigenvalue weighted by atomic mass is 79.9. The topological polar surface area (TPSA) is 27.1 Å². The number of hydrogen-bond acceptors (Lipinski definition) is 3. The predicted octanol–water partition coefficient (Wildman–Crippen LogP) is 5.37. The fourth-order valence-corrected chi connectivity index (χ4v) is 4.82. The molecule has 3 nitrogen and oxygen atoms in total. The van der Waals surface area contributed by atoms with Crippen molar-refractivity contribution in [3.05, 3.63) is 27.1 Å². The van der Waals surface area contributed by atoms with Crippen LogP contribution in [-0.2, 0) is 4.74 Å². The summed E-state index contributed by atoms with van der Waals surface area (Å²) in [5.74, 6) is 0. The maximum absolute atomic E-state index is 6.39. The number of rotatable bonds is 1. The maximum Gasteiger partial charge on any atom is 0.160 e. The van der Waals surface area contributed by atoms with Gasteiger partial charge >= 0.3 is 0 Å². The van der Waals surface area contributed by atoms with Gasteiger partial charge in [-0.25, -0.2) is 4.68 Å². The molecule has 1 unspecified atom stereocenters. The lowest BCUT2D eigenvalue weighted by Crippen LogP contribution is -2.18. The van der Waals surface area contributed by atoms with E-state index in [-0.39, 0.29) is 6.23 Å². The number of hydrogen-bond donors (Lipinski definition) is 0. The Kier molecular flexibility index (Phi) is 3.26. The molecule has 0 amide bonds. The normalized spacial score (nSPS) is 20.0. The van der Waals surface area contributed by atoms with Crippen molar-refractivity contribution in [2.24, 2.45) is 0 Å². The lowest BCUT2D eigenvalue weighted by Gasteiger charge is -2.23. The van der Waals surface area contributed by atoms with Gasteiger partial charge < -0.3 is 4.74 Å². The smallest absolute Gasteiger partial charge is 0.160 e. The summed E-state index contributed by atoms with van der Waals surface area (Å²) in [7, 11) is 0. The van der Waals surface area contributed by atoms with Crippen LogP contribution in [0.4, 0.5) is 0 Å². The highest BCUT2D eigenvalue weighted by molar-refractivity contribution is 9.10. The molecule has 0 spiro atoms. The highest BCUT2D eigenvalue weighted by Gasteiger charge is 2.22. The first-order chi connectivity index (χ1) is 9.75. The summed E-state index contributed by atoms with van der Waals surface area (Å²) in [6.45, 7) is 0.802. The lowest BCUT2D eigenvalue weighted by molar-refractivity contribution is -0.0366. The monoisotopic (exact) mass is 370 g/mol. The van der Waals surface area contributed by atoms with E-state index in [9.17, 15) is 0 Å². The zero-order valence-electron chi connectivity index (χ0n) is 10.6. The number of thiophene rings is 1. The molecule has 3 aromatic rings. The van der Waals surface area contributed by atoms with E-state index in [0.717, 1.165) is 34.8 Å². The molecule has 20 heavy (non-hydrogen) atoms. The average Bonchev–Trinajstić information content (AvgIpc) is 3.01. The molecule has 1 aliphatic heterocycles. The molecule has 1 atom stereocenters. The minimum absolute atomic E-state index is 0.0135. The van der Waals surface area contributed by atoms with Gasteiger partial charge in [0.2, 0.25) is 0 Å². The van der Waals surface area contributed by atoms with Crippen LogP contribution in [0, 0.1) is 0 Å². The second kappa shape index (κ2) is 4.98. The molecule has 4 rings (SSSR count). The van der Waals surface area contributed by atoms with Crippen LogP contribution in [0.3, 0.4) is 0 Å². The third kappa shape index (κ3) is 1.91. The Morgan fingerprint density at radius 2 is 2.30 bits per heavy atom. The Morgan fingerprint density at radius 3 is 3.10 bits per heavy atom. The molecule has 0 radical (unpaired) electrons. The van der Waals surface area contributed by atoms with E-state index in [1.54, 1.807) is 11.3 Å². The molecule has 3 heterocycles. The van der Waals surface area contributed by atoms with Crippen molar-refractivity contribution in [2.75, 3.05) is 6.61 Å². The van der Waals surface area contributed by atoms with Gasteiger partial charge in [-0.05, 0) is 41.3 Å². The first kappa shape index (κ1) is 13.1. The van der Waals surface area contributed by atoms with Gasteiger partial charge in [-0.2, -0.15) is 5.10 Å². The minimum Gasteiger partial charge on any atom is -0.356 e. The largest absolute Gasteiger partial charge is 0.356 e. The fourth-order valence-electron chi connectivity index (χ4n) is 2.78. The molecule has 104 valence electrons. The Morgan fingerprint density at radius 1 is 1.40 bits per heavy atom. The SMILES string of the molecule is Clc1nn(C2CCCCO2)c2ccc3c(Br)csc3c12. The van der Waals surface area contributed by atoms with Crippen LogP contribution in [0.1, 0.15) is 25.5 Å². The van der Waals surface area contributed by atoms with Crippen molar-refractivity contribution in [2.45, 2.75) is 25.5 Å². The third-order valence-electron chi connectivity index (χ3n) is 3.75. The zero-order chi connectivity index (χ0) is 13.7. The van der Waals surface area contributed by atoms with Crippen molar-refractivity contribution in [3.8, 4) is 0 Å². The van der Waals surface area contributed by atoms with Crippen LogP contribution in [0.15, 0.2) is 22.0 Å². The van der Waals surface area contributed by atoms with E-state index in [4.69, 9.17) is 16.3 Å². The number of benzene rings is 1. The average molecular weight is 372 g/mol. The molecular formula is C14H12BrClN2OS. The van der Waals surface area contributed by atoms with Crippen molar-refractivity contribution < 1.29 is 4.74 Å². The van der Waals surface area contributed by atoms with Crippen molar-refractivity contribution >= 4 is 59.9 Å². The van der Waals surface area contributed by atoms with Crippen LogP contribution in [0.25, 0.3) is 21.0 Å². The molecule has 0 aliphatic carbocycles. The van der Waals surface area contributed by atoms with Gasteiger partial charge in [0.25, 0.3) is 0 Å². The Bertz CT molecular complexity index is 791. The molecule has 6 heteroatoms. The lowest BCUT2D eigenvalue weighted by atomic mass is 10.1. The Hall–Kier alpha value is -0.620. The summed E-state index contributed by atoms with van der Waals surface area (Å²) in [4.78, 5) is 0. The predicted molar refractivity (Wildman–Crippen MR) is 86.7 cm³/mol. The quantitative estimate of drug-likeness (QED) is 0.575. The first-order valence-corrected chi connectivity index (χ1v) is 8.66. The zero-order valence-corrected chi connectivity index (χ0v) is 13.8. The van der Waals surface area contributed by atoms with E-state index >= 15 is 0 Å². The maximum atomic E-state index is 6.39. The fraction of sp³-hybridized carbons (Fsp3) is 0.357. The van der Waals surface area contributed by atoms with Gasteiger partial charge in [0.15, 0.2) is 11.4 Å². The standard InChI is InChI=1S/C14H12BrClN2OS/c15-9-7-20-13-8(9)4-5-10-12(13)14(16)17-18(10)11-3-1-2-6-19-11/h4-5,7,11H,1-3,6H2. The molecule has 1 saturated heterocycles. The van der Waals surface area contributed by atoms with E-state index in [2.05, 4.69) is 38.5 Å². The second-order valence-electron chi connectivity index (χ2n) is 4.98. The Labute approximate surface area is 133 Å². The van der Waals surface area contributed by atoms with Crippen LogP contribution in [0.5, 0.6) is 0 Å². The number of fused-ring (bicyclic) bond motifs is 3. The summed E-state index contributed by atoms with van der Waals surface area (Å²) in [5, 5.41) is 9.40. The summed E-state index contributed by atoms with van der Waals surface area (Å²) in [6, 6.07) is 4.21. The molecular weight excluding hydrogens is 360 g/mol. The van der Waals surface area contributed by atoms with Gasteiger partial charge in [0, 0.05) is 26.5 Å². The Balaban J connectivity index is 1.97. The number of ether oxygens (including phenoxy) is 1. The molecule has 0 saturated carbocycles. The van der Waals surface area contributed by atoms with Gasteiger partial charge in [-0.15, -0.1) is 11.3 Å². The van der Waals surface area contributed by atoms with E-state index < -0.39 is 0 Å². The number of halogens is 2. The van der Waals surface area contributed by atoms with Gasteiger partial charge in [-0.1, -0.05) is 17.7 Å². The summed E-state index contributed by atoms with van der Waals surface area (Å²) in [5.41, 5.74) is 1.06. The van der Waals surface area contributed by atoms with Crippen molar-refractivity contribution in [1.29, 1.82) is 0 Å². The highest BCUT2D eigenvalue weighted by Crippen LogP contribution is 2.40. The van der Waals surface area contributed by atoms with E-state index in [1.807, 2.05) is 4.68 Å². The van der Waals surface area contributed by atoms with Crippen LogP contribution in [0.2, 0.25) is 5.15 Å². The number of aromatic nitrogens is 2. The molecule has 1 fully saturated rings. The molecule has 2 aromatic heterocycles. The number of nitrogens with zero attached hydrogens (tertiary/aromatic N) is 2.